The second-order valence-corrected chi connectivity index (χ2v) is 5.71. The summed E-state index contributed by atoms with van der Waals surface area (Å²) in [6.45, 7) is 4.48. The van der Waals surface area contributed by atoms with Gasteiger partial charge in [-0.25, -0.2) is 0 Å². The lowest BCUT2D eigenvalue weighted by molar-refractivity contribution is -0.117. The first kappa shape index (κ1) is 15.0. The number of nitrogens with zero attached hydrogens (tertiary/aromatic N) is 1. The van der Waals surface area contributed by atoms with Gasteiger partial charge in [0.25, 0.3) is 0 Å². The molecule has 110 valence electrons. The molecule has 1 aromatic rings. The number of anilines is 1. The number of hydrogen-bond donors (Lipinski definition) is 2. The first-order valence-corrected chi connectivity index (χ1v) is 7.42. The molecule has 0 aliphatic carbocycles. The van der Waals surface area contributed by atoms with Crippen molar-refractivity contribution in [2.24, 2.45) is 0 Å². The Morgan fingerprint density at radius 2 is 2.20 bits per heavy atom. The Labute approximate surface area is 121 Å². The number of hydrogen-bond acceptors (Lipinski definition) is 3. The topological polar surface area (TPSA) is 44.4 Å². The predicted molar refractivity (Wildman–Crippen MR) is 82.9 cm³/mol. The van der Waals surface area contributed by atoms with E-state index in [9.17, 15) is 4.79 Å². The first-order chi connectivity index (χ1) is 9.65. The number of carbonyl (C=O) groups excluding carboxylic acids is 1. The van der Waals surface area contributed by atoms with Crippen molar-refractivity contribution < 1.29 is 4.79 Å². The molecule has 1 atom stereocenters. The molecular weight excluding hydrogens is 250 g/mol. The van der Waals surface area contributed by atoms with E-state index in [1.165, 1.54) is 19.3 Å². The van der Waals surface area contributed by atoms with E-state index in [1.54, 1.807) is 0 Å². The molecule has 0 spiro atoms. The number of likely N-dealkylation sites (N-methyl/N-ethyl adjacent to an activating group) is 1. The van der Waals surface area contributed by atoms with E-state index in [1.807, 2.05) is 38.2 Å². The van der Waals surface area contributed by atoms with Gasteiger partial charge in [0.1, 0.15) is 0 Å². The molecule has 1 aromatic carbocycles. The minimum absolute atomic E-state index is 0.0533. The van der Waals surface area contributed by atoms with E-state index in [0.29, 0.717) is 12.6 Å². The van der Waals surface area contributed by atoms with Crippen LogP contribution in [0.25, 0.3) is 0 Å². The SMILES string of the molecule is Cc1ccccc1NC(=O)CN(C)CC1CCCCN1. The molecule has 1 heterocycles. The van der Waals surface area contributed by atoms with Crippen LogP contribution in [0.15, 0.2) is 24.3 Å². The fraction of sp³-hybridized carbons (Fsp3) is 0.562. The molecule has 1 fully saturated rings. The van der Waals surface area contributed by atoms with Crippen LogP contribution in [0, 0.1) is 6.92 Å². The molecule has 0 aromatic heterocycles. The van der Waals surface area contributed by atoms with E-state index in [2.05, 4.69) is 15.5 Å². The van der Waals surface area contributed by atoms with Crippen molar-refractivity contribution >= 4 is 11.6 Å². The van der Waals surface area contributed by atoms with Crippen molar-refractivity contribution in [3.05, 3.63) is 29.8 Å². The fourth-order valence-corrected chi connectivity index (χ4v) is 2.67. The number of rotatable bonds is 5. The molecule has 2 N–H and O–H groups in total. The molecule has 2 rings (SSSR count). The predicted octanol–water partition coefficient (Wildman–Crippen LogP) is 2.01. The molecule has 1 amide bonds. The molecule has 0 bridgehead atoms. The van der Waals surface area contributed by atoms with Crippen LogP contribution >= 0.6 is 0 Å². The molecular formula is C16H25N3O. The van der Waals surface area contributed by atoms with Gasteiger partial charge in [-0.1, -0.05) is 24.6 Å². The second kappa shape index (κ2) is 7.41. The molecule has 1 aliphatic heterocycles. The second-order valence-electron chi connectivity index (χ2n) is 5.71. The number of benzene rings is 1. The van der Waals surface area contributed by atoms with E-state index in [4.69, 9.17) is 0 Å². The minimum Gasteiger partial charge on any atom is -0.325 e. The van der Waals surface area contributed by atoms with E-state index < -0.39 is 0 Å². The van der Waals surface area contributed by atoms with Crippen molar-refractivity contribution in [2.75, 3.05) is 32.0 Å². The number of aryl methyl sites for hydroxylation is 1. The molecule has 20 heavy (non-hydrogen) atoms. The van der Waals surface area contributed by atoms with Crippen LogP contribution in [0.5, 0.6) is 0 Å². The summed E-state index contributed by atoms with van der Waals surface area (Å²) in [4.78, 5) is 14.1. The van der Waals surface area contributed by atoms with Gasteiger partial charge in [0.15, 0.2) is 0 Å². The van der Waals surface area contributed by atoms with Crippen LogP contribution in [-0.2, 0) is 4.79 Å². The van der Waals surface area contributed by atoms with Gasteiger partial charge in [0.05, 0.1) is 6.54 Å². The third-order valence-electron chi connectivity index (χ3n) is 3.78. The Balaban J connectivity index is 1.77. The lowest BCUT2D eigenvalue weighted by Crippen LogP contribution is -2.44. The first-order valence-electron chi connectivity index (χ1n) is 7.42. The maximum Gasteiger partial charge on any atom is 0.238 e. The lowest BCUT2D eigenvalue weighted by Gasteiger charge is -2.27. The summed E-state index contributed by atoms with van der Waals surface area (Å²) in [6, 6.07) is 8.39. The summed E-state index contributed by atoms with van der Waals surface area (Å²) >= 11 is 0. The van der Waals surface area contributed by atoms with Crippen molar-refractivity contribution in [1.29, 1.82) is 0 Å². The Hall–Kier alpha value is -1.39. The van der Waals surface area contributed by atoms with Crippen LogP contribution in [0.1, 0.15) is 24.8 Å². The van der Waals surface area contributed by atoms with E-state index in [0.717, 1.165) is 24.3 Å². The highest BCUT2D eigenvalue weighted by atomic mass is 16.2. The zero-order chi connectivity index (χ0) is 14.4. The minimum atomic E-state index is 0.0533. The van der Waals surface area contributed by atoms with Gasteiger partial charge in [-0.05, 0) is 45.0 Å². The van der Waals surface area contributed by atoms with Crippen molar-refractivity contribution in [3.8, 4) is 0 Å². The fourth-order valence-electron chi connectivity index (χ4n) is 2.67. The Morgan fingerprint density at radius 1 is 1.40 bits per heavy atom. The largest absolute Gasteiger partial charge is 0.325 e. The van der Waals surface area contributed by atoms with Crippen molar-refractivity contribution in [1.82, 2.24) is 10.2 Å². The molecule has 4 heteroatoms. The van der Waals surface area contributed by atoms with E-state index >= 15 is 0 Å². The highest BCUT2D eigenvalue weighted by Crippen LogP contribution is 2.13. The standard InChI is InChI=1S/C16H25N3O/c1-13-7-3-4-9-15(13)18-16(20)12-19(2)11-14-8-5-6-10-17-14/h3-4,7,9,14,17H,5-6,8,10-12H2,1-2H3,(H,18,20). The molecule has 1 aliphatic rings. The van der Waals surface area contributed by atoms with Gasteiger partial charge in [-0.15, -0.1) is 0 Å². The summed E-state index contributed by atoms with van der Waals surface area (Å²) in [5.41, 5.74) is 2.00. The van der Waals surface area contributed by atoms with Crippen LogP contribution in [0.2, 0.25) is 0 Å². The smallest absolute Gasteiger partial charge is 0.238 e. The number of para-hydroxylation sites is 1. The van der Waals surface area contributed by atoms with Gasteiger partial charge in [0, 0.05) is 18.3 Å². The molecule has 0 saturated carbocycles. The quantitative estimate of drug-likeness (QED) is 0.864. The summed E-state index contributed by atoms with van der Waals surface area (Å²) in [5.74, 6) is 0.0533. The maximum absolute atomic E-state index is 12.0. The number of nitrogens with one attached hydrogen (secondary N) is 2. The third kappa shape index (κ3) is 4.62. The average molecular weight is 275 g/mol. The summed E-state index contributed by atoms with van der Waals surface area (Å²) < 4.78 is 0. The van der Waals surface area contributed by atoms with Crippen LogP contribution in [-0.4, -0.2) is 43.5 Å². The molecule has 4 nitrogen and oxygen atoms in total. The van der Waals surface area contributed by atoms with Gasteiger partial charge < -0.3 is 10.6 Å². The van der Waals surface area contributed by atoms with Gasteiger partial charge in [-0.2, -0.15) is 0 Å². The summed E-state index contributed by atoms with van der Waals surface area (Å²) in [7, 11) is 2.01. The molecule has 1 saturated heterocycles. The van der Waals surface area contributed by atoms with Crippen molar-refractivity contribution in [2.45, 2.75) is 32.2 Å². The van der Waals surface area contributed by atoms with Gasteiger partial charge in [-0.3, -0.25) is 9.69 Å². The lowest BCUT2D eigenvalue weighted by atomic mass is 10.0. The third-order valence-corrected chi connectivity index (χ3v) is 3.78. The van der Waals surface area contributed by atoms with Crippen LogP contribution in [0.4, 0.5) is 5.69 Å². The summed E-state index contributed by atoms with van der Waals surface area (Å²) in [5, 5.41) is 6.49. The monoisotopic (exact) mass is 275 g/mol. The highest BCUT2D eigenvalue weighted by Gasteiger charge is 2.16. The van der Waals surface area contributed by atoms with Crippen LogP contribution in [0.3, 0.4) is 0 Å². The zero-order valence-corrected chi connectivity index (χ0v) is 12.5. The Morgan fingerprint density at radius 3 is 2.90 bits per heavy atom. The Kier molecular flexibility index (Phi) is 5.56. The van der Waals surface area contributed by atoms with E-state index in [-0.39, 0.29) is 5.91 Å². The van der Waals surface area contributed by atoms with Crippen LogP contribution < -0.4 is 10.6 Å². The number of amides is 1. The molecule has 1 unspecified atom stereocenters. The normalized spacial score (nSPS) is 19.1. The summed E-state index contributed by atoms with van der Waals surface area (Å²) in [6.07, 6.45) is 3.78. The highest BCUT2D eigenvalue weighted by molar-refractivity contribution is 5.92. The van der Waals surface area contributed by atoms with Crippen molar-refractivity contribution in [3.63, 3.8) is 0 Å². The van der Waals surface area contributed by atoms with Gasteiger partial charge in [0.2, 0.25) is 5.91 Å². The number of carbonyl (C=O) groups is 1. The zero-order valence-electron chi connectivity index (χ0n) is 12.5. The van der Waals surface area contributed by atoms with Gasteiger partial charge >= 0.3 is 0 Å². The Bertz CT molecular complexity index is 441. The molecule has 0 radical (unpaired) electrons. The maximum atomic E-state index is 12.0. The number of piperidine rings is 1. The average Bonchev–Trinajstić information content (AvgIpc) is 2.42.